The SMILES string of the molecule is O=C(NCCOc1ccccc1-c1ccccc1)C1CNNC1c1ccccc1. The summed E-state index contributed by atoms with van der Waals surface area (Å²) < 4.78 is 5.97. The molecule has 0 spiro atoms. The van der Waals surface area contributed by atoms with Crippen LogP contribution in [0, 0.1) is 5.92 Å². The Bertz CT molecular complexity index is 931. The molecule has 148 valence electrons. The molecule has 0 radical (unpaired) electrons. The van der Waals surface area contributed by atoms with E-state index in [0.29, 0.717) is 19.7 Å². The lowest BCUT2D eigenvalue weighted by atomic mass is 9.94. The zero-order valence-corrected chi connectivity index (χ0v) is 16.2. The molecule has 0 aliphatic carbocycles. The summed E-state index contributed by atoms with van der Waals surface area (Å²) in [6.45, 7) is 1.47. The van der Waals surface area contributed by atoms with E-state index in [2.05, 4.69) is 28.3 Å². The van der Waals surface area contributed by atoms with Gasteiger partial charge < -0.3 is 10.1 Å². The first-order valence-electron chi connectivity index (χ1n) is 9.91. The first kappa shape index (κ1) is 19.2. The first-order chi connectivity index (χ1) is 14.3. The van der Waals surface area contributed by atoms with Gasteiger partial charge in [0.2, 0.25) is 5.91 Å². The third-order valence-electron chi connectivity index (χ3n) is 5.11. The molecule has 0 aromatic heterocycles. The largest absolute Gasteiger partial charge is 0.491 e. The van der Waals surface area contributed by atoms with E-state index in [9.17, 15) is 4.79 Å². The lowest BCUT2D eigenvalue weighted by Gasteiger charge is -2.18. The van der Waals surface area contributed by atoms with E-state index >= 15 is 0 Å². The minimum absolute atomic E-state index is 0.0243. The number of hydrazine groups is 1. The summed E-state index contributed by atoms with van der Waals surface area (Å²) in [5, 5.41) is 3.01. The lowest BCUT2D eigenvalue weighted by molar-refractivity contribution is -0.125. The van der Waals surface area contributed by atoms with Gasteiger partial charge in [-0.3, -0.25) is 10.2 Å². The lowest BCUT2D eigenvalue weighted by Crippen LogP contribution is -2.37. The van der Waals surface area contributed by atoms with Gasteiger partial charge in [0.05, 0.1) is 18.5 Å². The zero-order valence-electron chi connectivity index (χ0n) is 16.2. The average Bonchev–Trinajstić information content (AvgIpc) is 3.28. The van der Waals surface area contributed by atoms with Crippen LogP contribution in [0.2, 0.25) is 0 Å². The standard InChI is InChI=1S/C24H25N3O2/c28-24(21-17-26-27-23(21)19-11-5-2-6-12-19)25-15-16-29-22-14-8-7-13-20(22)18-9-3-1-4-10-18/h1-14,21,23,26-27H,15-17H2,(H,25,28). The van der Waals surface area contributed by atoms with Crippen molar-refractivity contribution in [2.45, 2.75) is 6.04 Å². The van der Waals surface area contributed by atoms with Crippen molar-refractivity contribution < 1.29 is 9.53 Å². The highest BCUT2D eigenvalue weighted by molar-refractivity contribution is 5.80. The van der Waals surface area contributed by atoms with Crippen LogP contribution in [0.5, 0.6) is 5.75 Å². The zero-order chi connectivity index (χ0) is 19.9. The van der Waals surface area contributed by atoms with Crippen LogP contribution in [-0.4, -0.2) is 25.6 Å². The van der Waals surface area contributed by atoms with E-state index in [4.69, 9.17) is 4.74 Å². The molecule has 0 saturated carbocycles. The van der Waals surface area contributed by atoms with Crippen LogP contribution in [0.1, 0.15) is 11.6 Å². The van der Waals surface area contributed by atoms with Gasteiger partial charge in [-0.25, -0.2) is 5.43 Å². The third-order valence-corrected chi connectivity index (χ3v) is 5.11. The number of rotatable bonds is 7. The summed E-state index contributed by atoms with van der Waals surface area (Å²) in [6, 6.07) is 28.1. The Hall–Kier alpha value is -3.15. The van der Waals surface area contributed by atoms with Gasteiger partial charge in [0, 0.05) is 12.1 Å². The maximum atomic E-state index is 12.7. The van der Waals surface area contributed by atoms with Crippen LogP contribution < -0.4 is 20.9 Å². The van der Waals surface area contributed by atoms with E-state index < -0.39 is 0 Å². The van der Waals surface area contributed by atoms with Crippen molar-refractivity contribution in [3.8, 4) is 16.9 Å². The molecule has 1 heterocycles. The second kappa shape index (κ2) is 9.37. The van der Waals surface area contributed by atoms with Crippen molar-refractivity contribution in [2.75, 3.05) is 19.7 Å². The van der Waals surface area contributed by atoms with Crippen LogP contribution in [0.4, 0.5) is 0 Å². The number of hydrogen-bond donors (Lipinski definition) is 3. The molecule has 29 heavy (non-hydrogen) atoms. The number of ether oxygens (including phenoxy) is 1. The van der Waals surface area contributed by atoms with Crippen LogP contribution in [0.15, 0.2) is 84.9 Å². The molecule has 2 unspecified atom stereocenters. The summed E-state index contributed by atoms with van der Waals surface area (Å²) in [4.78, 5) is 12.7. The molecule has 1 fully saturated rings. The summed E-state index contributed by atoms with van der Waals surface area (Å²) in [5.74, 6) is 0.685. The number of para-hydroxylation sites is 1. The normalized spacial score (nSPS) is 18.3. The van der Waals surface area contributed by atoms with E-state index in [1.807, 2.05) is 72.8 Å². The quantitative estimate of drug-likeness (QED) is 0.545. The summed E-state index contributed by atoms with van der Waals surface area (Å²) in [7, 11) is 0. The smallest absolute Gasteiger partial charge is 0.226 e. The van der Waals surface area contributed by atoms with Gasteiger partial charge in [-0.2, -0.15) is 0 Å². The molecule has 2 atom stereocenters. The van der Waals surface area contributed by atoms with Crippen LogP contribution in [0.3, 0.4) is 0 Å². The summed E-state index contributed by atoms with van der Waals surface area (Å²) in [6.07, 6.45) is 0. The van der Waals surface area contributed by atoms with Crippen molar-refractivity contribution in [3.05, 3.63) is 90.5 Å². The molecule has 3 aromatic carbocycles. The van der Waals surface area contributed by atoms with Crippen molar-refractivity contribution in [1.82, 2.24) is 16.2 Å². The Morgan fingerprint density at radius 3 is 2.41 bits per heavy atom. The molecule has 3 N–H and O–H groups in total. The predicted octanol–water partition coefficient (Wildman–Crippen LogP) is 3.31. The highest BCUT2D eigenvalue weighted by Gasteiger charge is 2.33. The van der Waals surface area contributed by atoms with Gasteiger partial charge in [-0.15, -0.1) is 0 Å². The molecular weight excluding hydrogens is 362 g/mol. The first-order valence-corrected chi connectivity index (χ1v) is 9.91. The van der Waals surface area contributed by atoms with Gasteiger partial charge in [0.1, 0.15) is 12.4 Å². The van der Waals surface area contributed by atoms with Crippen molar-refractivity contribution in [2.24, 2.45) is 5.92 Å². The minimum atomic E-state index is -0.158. The number of benzene rings is 3. The molecule has 3 aromatic rings. The second-order valence-electron chi connectivity index (χ2n) is 7.02. The molecule has 1 aliphatic heterocycles. The van der Waals surface area contributed by atoms with E-state index in [1.54, 1.807) is 0 Å². The third kappa shape index (κ3) is 4.65. The van der Waals surface area contributed by atoms with Gasteiger partial charge in [-0.1, -0.05) is 78.9 Å². The number of hydrogen-bond acceptors (Lipinski definition) is 4. The van der Waals surface area contributed by atoms with Crippen molar-refractivity contribution in [1.29, 1.82) is 0 Å². The highest BCUT2D eigenvalue weighted by atomic mass is 16.5. The molecule has 1 amide bonds. The molecule has 1 saturated heterocycles. The fraction of sp³-hybridized carbons (Fsp3) is 0.208. The molecular formula is C24H25N3O2. The monoisotopic (exact) mass is 387 g/mol. The van der Waals surface area contributed by atoms with E-state index in [1.165, 1.54) is 0 Å². The van der Waals surface area contributed by atoms with E-state index in [-0.39, 0.29) is 17.9 Å². The van der Waals surface area contributed by atoms with Crippen LogP contribution in [0.25, 0.3) is 11.1 Å². The Kier molecular flexibility index (Phi) is 6.19. The summed E-state index contributed by atoms with van der Waals surface area (Å²) in [5.41, 5.74) is 9.57. The Balaban J connectivity index is 1.32. The van der Waals surface area contributed by atoms with Crippen molar-refractivity contribution in [3.63, 3.8) is 0 Å². The van der Waals surface area contributed by atoms with Crippen molar-refractivity contribution >= 4 is 5.91 Å². The van der Waals surface area contributed by atoms with Gasteiger partial charge in [0.25, 0.3) is 0 Å². The number of carbonyl (C=O) groups is 1. The predicted molar refractivity (Wildman–Crippen MR) is 114 cm³/mol. The highest BCUT2D eigenvalue weighted by Crippen LogP contribution is 2.29. The Labute approximate surface area is 171 Å². The Morgan fingerprint density at radius 2 is 1.62 bits per heavy atom. The molecule has 1 aliphatic rings. The molecule has 4 rings (SSSR count). The molecule has 5 heteroatoms. The van der Waals surface area contributed by atoms with Crippen LogP contribution in [-0.2, 0) is 4.79 Å². The van der Waals surface area contributed by atoms with Gasteiger partial charge >= 0.3 is 0 Å². The maximum absolute atomic E-state index is 12.7. The number of amides is 1. The van der Waals surface area contributed by atoms with Gasteiger partial charge in [-0.05, 0) is 17.2 Å². The van der Waals surface area contributed by atoms with Crippen LogP contribution >= 0.6 is 0 Å². The fourth-order valence-corrected chi connectivity index (χ4v) is 3.63. The van der Waals surface area contributed by atoms with Gasteiger partial charge in [0.15, 0.2) is 0 Å². The maximum Gasteiger partial charge on any atom is 0.226 e. The molecule has 5 nitrogen and oxygen atoms in total. The minimum Gasteiger partial charge on any atom is -0.491 e. The fourth-order valence-electron chi connectivity index (χ4n) is 3.63. The average molecular weight is 387 g/mol. The number of nitrogens with one attached hydrogen (secondary N) is 3. The second-order valence-corrected chi connectivity index (χ2v) is 7.02. The topological polar surface area (TPSA) is 62.4 Å². The number of carbonyl (C=O) groups excluding carboxylic acids is 1. The summed E-state index contributed by atoms with van der Waals surface area (Å²) >= 11 is 0. The van der Waals surface area contributed by atoms with E-state index in [0.717, 1.165) is 22.4 Å². The Morgan fingerprint density at radius 1 is 0.931 bits per heavy atom. The molecule has 0 bridgehead atoms.